The molecule has 0 aliphatic heterocycles. The maximum atomic E-state index is 8.91. The second kappa shape index (κ2) is 10.5. The van der Waals surface area contributed by atoms with Gasteiger partial charge in [-0.2, -0.15) is 5.26 Å². The molecule has 0 saturated carbocycles. The molecule has 0 saturated heterocycles. The predicted molar refractivity (Wildman–Crippen MR) is 124 cm³/mol. The van der Waals surface area contributed by atoms with Crippen LogP contribution in [0.5, 0.6) is 11.5 Å². The lowest BCUT2D eigenvalue weighted by Crippen LogP contribution is -2.51. The normalized spacial score (nSPS) is 14.2. The number of hydrogen-bond acceptors (Lipinski definition) is 3. The first-order valence-electron chi connectivity index (χ1n) is 11.6. The molecule has 4 heteroatoms. The number of methoxy groups -OCH3 is 1. The van der Waals surface area contributed by atoms with Crippen LogP contribution in [0.15, 0.2) is 6.07 Å². The first-order chi connectivity index (χ1) is 13.8. The lowest BCUT2D eigenvalue weighted by Gasteiger charge is -2.43. The summed E-state index contributed by atoms with van der Waals surface area (Å²) in [5.41, 5.74) is 5.72. The molecule has 0 fully saturated rings. The van der Waals surface area contributed by atoms with Crippen LogP contribution in [0.3, 0.4) is 0 Å². The smallest absolute Gasteiger partial charge is 0.258 e. The quantitative estimate of drug-likeness (QED) is 0.296. The van der Waals surface area contributed by atoms with E-state index in [9.17, 15) is 0 Å². The summed E-state index contributed by atoms with van der Waals surface area (Å²) >= 11 is 0. The zero-order valence-corrected chi connectivity index (χ0v) is 20.7. The van der Waals surface area contributed by atoms with Crippen molar-refractivity contribution >= 4 is 8.32 Å². The Bertz CT molecular complexity index is 697. The van der Waals surface area contributed by atoms with Crippen LogP contribution in [0.25, 0.3) is 0 Å². The van der Waals surface area contributed by atoms with Gasteiger partial charge in [0, 0.05) is 12.0 Å². The third kappa shape index (κ3) is 4.99. The van der Waals surface area contributed by atoms with Gasteiger partial charge in [-0.15, -0.1) is 0 Å². The maximum Gasteiger partial charge on any atom is 0.258 e. The van der Waals surface area contributed by atoms with Crippen molar-refractivity contribution in [1.29, 1.82) is 5.26 Å². The molecule has 2 rings (SSSR count). The number of aryl methyl sites for hydroxylation is 1. The number of nitrogens with zero attached hydrogens (tertiary/aromatic N) is 1. The molecule has 0 spiro atoms. The molecule has 3 nitrogen and oxygen atoms in total. The highest BCUT2D eigenvalue weighted by atomic mass is 28.4. The standard InChI is InChI=1S/C25H41NO2Si/c1-18(2)29(19(3)4,20(5)6)28-25-21(13-9-8-12-16-26)17-24(27-7)22-14-10-11-15-23(22)25/h17-20H,8-15H2,1-7H3. The van der Waals surface area contributed by atoms with Crippen molar-refractivity contribution in [2.24, 2.45) is 0 Å². The van der Waals surface area contributed by atoms with Gasteiger partial charge in [0.1, 0.15) is 11.5 Å². The summed E-state index contributed by atoms with van der Waals surface area (Å²) in [6.07, 6.45) is 8.17. The molecule has 0 N–H and O–H groups in total. The Labute approximate surface area is 179 Å². The van der Waals surface area contributed by atoms with Crippen molar-refractivity contribution in [3.8, 4) is 17.6 Å². The van der Waals surface area contributed by atoms with Gasteiger partial charge in [0.15, 0.2) is 0 Å². The average Bonchev–Trinajstić information content (AvgIpc) is 2.68. The van der Waals surface area contributed by atoms with Gasteiger partial charge in [-0.3, -0.25) is 0 Å². The molecule has 1 aromatic rings. The Kier molecular flexibility index (Phi) is 8.64. The lowest BCUT2D eigenvalue weighted by molar-refractivity contribution is 0.401. The van der Waals surface area contributed by atoms with Gasteiger partial charge in [-0.05, 0) is 78.8 Å². The SMILES string of the molecule is COc1cc(CCCCC#N)c(O[Si](C(C)C)(C(C)C)C(C)C)c2c1CCCC2. The zero-order chi connectivity index (χ0) is 21.6. The summed E-state index contributed by atoms with van der Waals surface area (Å²) in [6.45, 7) is 14.1. The maximum absolute atomic E-state index is 8.91. The van der Waals surface area contributed by atoms with Crippen molar-refractivity contribution in [2.75, 3.05) is 7.11 Å². The highest BCUT2D eigenvalue weighted by molar-refractivity contribution is 6.78. The molecule has 0 amide bonds. The van der Waals surface area contributed by atoms with Gasteiger partial charge in [0.05, 0.1) is 13.2 Å². The molecule has 1 aromatic carbocycles. The lowest BCUT2D eigenvalue weighted by atomic mass is 9.87. The molecule has 0 aromatic heterocycles. The Morgan fingerprint density at radius 1 is 0.966 bits per heavy atom. The minimum absolute atomic E-state index is 0.551. The van der Waals surface area contributed by atoms with Crippen LogP contribution in [0.4, 0.5) is 0 Å². The first-order valence-corrected chi connectivity index (χ1v) is 13.7. The molecule has 1 aliphatic carbocycles. The van der Waals surface area contributed by atoms with E-state index in [1.54, 1.807) is 7.11 Å². The van der Waals surface area contributed by atoms with Crippen molar-refractivity contribution in [3.05, 3.63) is 22.8 Å². The Morgan fingerprint density at radius 2 is 1.55 bits per heavy atom. The topological polar surface area (TPSA) is 42.2 Å². The van der Waals surface area contributed by atoms with Crippen LogP contribution < -0.4 is 9.16 Å². The van der Waals surface area contributed by atoms with Gasteiger partial charge in [-0.25, -0.2) is 0 Å². The largest absolute Gasteiger partial charge is 0.542 e. The van der Waals surface area contributed by atoms with E-state index in [0.29, 0.717) is 23.0 Å². The number of fused-ring (bicyclic) bond motifs is 1. The predicted octanol–water partition coefficient (Wildman–Crippen LogP) is 7.36. The highest BCUT2D eigenvalue weighted by Gasteiger charge is 2.47. The van der Waals surface area contributed by atoms with Gasteiger partial charge in [-0.1, -0.05) is 41.5 Å². The number of ether oxygens (including phenoxy) is 1. The summed E-state index contributed by atoms with van der Waals surface area (Å²) < 4.78 is 13.1. The fourth-order valence-corrected chi connectivity index (χ4v) is 10.8. The van der Waals surface area contributed by atoms with Crippen molar-refractivity contribution in [1.82, 2.24) is 0 Å². The fourth-order valence-electron chi connectivity index (χ4n) is 5.48. The molecular formula is C25H41NO2Si. The fraction of sp³-hybridized carbons (Fsp3) is 0.720. The summed E-state index contributed by atoms with van der Waals surface area (Å²) in [5, 5.41) is 8.91. The minimum Gasteiger partial charge on any atom is -0.542 e. The van der Waals surface area contributed by atoms with E-state index in [0.717, 1.165) is 37.9 Å². The van der Waals surface area contributed by atoms with Crippen molar-refractivity contribution in [3.63, 3.8) is 0 Å². The van der Waals surface area contributed by atoms with Crippen LogP contribution in [0.1, 0.15) is 90.3 Å². The van der Waals surface area contributed by atoms with Gasteiger partial charge in [0.25, 0.3) is 8.32 Å². The van der Waals surface area contributed by atoms with Gasteiger partial charge >= 0.3 is 0 Å². The molecular weight excluding hydrogens is 374 g/mol. The highest BCUT2D eigenvalue weighted by Crippen LogP contribution is 2.47. The van der Waals surface area contributed by atoms with E-state index in [-0.39, 0.29) is 0 Å². The second-order valence-corrected chi connectivity index (χ2v) is 14.9. The third-order valence-corrected chi connectivity index (χ3v) is 12.8. The van der Waals surface area contributed by atoms with Crippen LogP contribution >= 0.6 is 0 Å². The van der Waals surface area contributed by atoms with Crippen LogP contribution in [0, 0.1) is 11.3 Å². The Morgan fingerprint density at radius 3 is 2.07 bits per heavy atom. The summed E-state index contributed by atoms with van der Waals surface area (Å²) in [4.78, 5) is 0. The molecule has 162 valence electrons. The molecule has 0 radical (unpaired) electrons. The number of hydrogen-bond donors (Lipinski definition) is 0. The molecule has 0 unspecified atom stereocenters. The van der Waals surface area contributed by atoms with Crippen LogP contribution in [-0.4, -0.2) is 15.4 Å². The van der Waals surface area contributed by atoms with E-state index < -0.39 is 8.32 Å². The number of nitriles is 1. The number of benzene rings is 1. The van der Waals surface area contributed by atoms with E-state index >= 15 is 0 Å². The average molecular weight is 416 g/mol. The summed E-state index contributed by atoms with van der Waals surface area (Å²) in [6, 6.07) is 4.52. The van der Waals surface area contributed by atoms with E-state index in [4.69, 9.17) is 14.4 Å². The zero-order valence-electron chi connectivity index (χ0n) is 19.7. The minimum atomic E-state index is -2.03. The molecule has 0 heterocycles. The number of rotatable bonds is 10. The second-order valence-electron chi connectivity index (χ2n) is 9.52. The first kappa shape index (κ1) is 23.8. The van der Waals surface area contributed by atoms with Crippen LogP contribution in [0.2, 0.25) is 16.6 Å². The molecule has 1 aliphatic rings. The Hall–Kier alpha value is -1.47. The van der Waals surface area contributed by atoms with E-state index in [1.807, 2.05) is 0 Å². The van der Waals surface area contributed by atoms with E-state index in [2.05, 4.69) is 53.7 Å². The monoisotopic (exact) mass is 415 g/mol. The molecule has 29 heavy (non-hydrogen) atoms. The van der Waals surface area contributed by atoms with E-state index in [1.165, 1.54) is 35.3 Å². The molecule has 0 atom stereocenters. The Balaban J connectivity index is 2.58. The summed E-state index contributed by atoms with van der Waals surface area (Å²) in [5.74, 6) is 2.22. The third-order valence-electron chi connectivity index (χ3n) is 6.83. The van der Waals surface area contributed by atoms with Crippen LogP contribution in [-0.2, 0) is 19.3 Å². The summed E-state index contributed by atoms with van der Waals surface area (Å²) in [7, 11) is -0.243. The van der Waals surface area contributed by atoms with Crippen molar-refractivity contribution in [2.45, 2.75) is 110 Å². The van der Waals surface area contributed by atoms with Crippen molar-refractivity contribution < 1.29 is 9.16 Å². The van der Waals surface area contributed by atoms with Gasteiger partial charge < -0.3 is 9.16 Å². The van der Waals surface area contributed by atoms with Gasteiger partial charge in [0.2, 0.25) is 0 Å². The number of unbranched alkanes of at least 4 members (excludes halogenated alkanes) is 2. The molecule has 0 bridgehead atoms.